The summed E-state index contributed by atoms with van der Waals surface area (Å²) in [4.78, 5) is 25.0. The highest BCUT2D eigenvalue weighted by molar-refractivity contribution is 5.83. The normalized spacial score (nSPS) is 25.7. The first-order valence-corrected chi connectivity index (χ1v) is 11.7. The molecule has 0 saturated carbocycles. The van der Waals surface area contributed by atoms with Gasteiger partial charge in [0.1, 0.15) is 0 Å². The lowest BCUT2D eigenvalue weighted by Crippen LogP contribution is -2.46. The number of aromatic nitrogens is 2. The van der Waals surface area contributed by atoms with Gasteiger partial charge in [0.05, 0.1) is 29.9 Å². The SMILES string of the molecule is Cc1ccc([C@H](C)C(=O)N[C@H]2CC(C)(C)Cc3nc(N4C[C@@H](C)O[C@@H](C)C4)ncc32)cc1. The Morgan fingerprint density at radius 2 is 1.84 bits per heavy atom. The third-order valence-electron chi connectivity index (χ3n) is 6.65. The van der Waals surface area contributed by atoms with Crippen LogP contribution in [0.3, 0.4) is 0 Å². The first-order valence-electron chi connectivity index (χ1n) is 11.7. The first kappa shape index (κ1) is 22.7. The molecule has 2 aliphatic rings. The van der Waals surface area contributed by atoms with Crippen LogP contribution < -0.4 is 10.2 Å². The Morgan fingerprint density at radius 1 is 1.19 bits per heavy atom. The molecule has 0 unspecified atom stereocenters. The zero-order valence-corrected chi connectivity index (χ0v) is 20.2. The minimum Gasteiger partial charge on any atom is -0.372 e. The molecule has 1 amide bonds. The average molecular weight is 437 g/mol. The van der Waals surface area contributed by atoms with Gasteiger partial charge in [0.15, 0.2) is 0 Å². The summed E-state index contributed by atoms with van der Waals surface area (Å²) in [6.45, 7) is 14.3. The third-order valence-corrected chi connectivity index (χ3v) is 6.65. The Labute approximate surface area is 191 Å². The number of ether oxygens (including phenoxy) is 1. The molecule has 0 spiro atoms. The maximum Gasteiger partial charge on any atom is 0.227 e. The molecule has 6 nitrogen and oxygen atoms in total. The van der Waals surface area contributed by atoms with E-state index in [0.717, 1.165) is 48.7 Å². The highest BCUT2D eigenvalue weighted by atomic mass is 16.5. The van der Waals surface area contributed by atoms with Crippen LogP contribution >= 0.6 is 0 Å². The number of amides is 1. The zero-order valence-electron chi connectivity index (χ0n) is 20.2. The number of hydrogen-bond acceptors (Lipinski definition) is 5. The van der Waals surface area contributed by atoms with Gasteiger partial charge in [-0.15, -0.1) is 0 Å². The Balaban J connectivity index is 1.56. The molecule has 1 aliphatic heterocycles. The minimum absolute atomic E-state index is 0.0439. The molecule has 172 valence electrons. The van der Waals surface area contributed by atoms with E-state index in [1.54, 1.807) is 0 Å². The molecule has 1 aliphatic carbocycles. The predicted molar refractivity (Wildman–Crippen MR) is 127 cm³/mol. The lowest BCUT2D eigenvalue weighted by Gasteiger charge is -2.38. The predicted octanol–water partition coefficient (Wildman–Crippen LogP) is 4.33. The smallest absolute Gasteiger partial charge is 0.227 e. The molecule has 1 aromatic carbocycles. The van der Waals surface area contributed by atoms with Gasteiger partial charge in [-0.2, -0.15) is 0 Å². The van der Waals surface area contributed by atoms with E-state index < -0.39 is 0 Å². The van der Waals surface area contributed by atoms with E-state index in [0.29, 0.717) is 0 Å². The number of nitrogens with zero attached hydrogens (tertiary/aromatic N) is 3. The van der Waals surface area contributed by atoms with Crippen molar-refractivity contribution in [2.45, 2.75) is 78.6 Å². The summed E-state index contributed by atoms with van der Waals surface area (Å²) in [5.74, 6) is 0.601. The number of carbonyl (C=O) groups excluding carboxylic acids is 1. The second-order valence-corrected chi connectivity index (χ2v) is 10.5. The first-order chi connectivity index (χ1) is 15.1. The van der Waals surface area contributed by atoms with E-state index in [9.17, 15) is 4.79 Å². The number of nitrogens with one attached hydrogen (secondary N) is 1. The molecule has 1 N–H and O–H groups in total. The summed E-state index contributed by atoms with van der Waals surface area (Å²) in [6.07, 6.45) is 4.00. The average Bonchev–Trinajstić information content (AvgIpc) is 2.71. The van der Waals surface area contributed by atoms with Crippen molar-refractivity contribution in [2.75, 3.05) is 18.0 Å². The van der Waals surface area contributed by atoms with Crippen molar-refractivity contribution in [2.24, 2.45) is 5.41 Å². The van der Waals surface area contributed by atoms with E-state index in [1.165, 1.54) is 5.56 Å². The van der Waals surface area contributed by atoms with Crippen LogP contribution in [-0.4, -0.2) is 41.2 Å². The third kappa shape index (κ3) is 4.96. The van der Waals surface area contributed by atoms with Gasteiger partial charge in [0, 0.05) is 24.8 Å². The van der Waals surface area contributed by atoms with E-state index in [-0.39, 0.29) is 35.5 Å². The maximum atomic E-state index is 13.1. The Bertz CT molecular complexity index is 962. The fourth-order valence-corrected chi connectivity index (χ4v) is 4.96. The van der Waals surface area contributed by atoms with Crippen molar-refractivity contribution < 1.29 is 9.53 Å². The van der Waals surface area contributed by atoms with Crippen LogP contribution in [-0.2, 0) is 16.0 Å². The molecule has 4 rings (SSSR count). The number of hydrogen-bond donors (Lipinski definition) is 1. The van der Waals surface area contributed by atoms with Crippen molar-refractivity contribution in [1.29, 1.82) is 0 Å². The van der Waals surface area contributed by atoms with Gasteiger partial charge in [0.25, 0.3) is 0 Å². The molecule has 4 atom stereocenters. The second kappa shape index (κ2) is 8.81. The molecular weight excluding hydrogens is 400 g/mol. The Kier molecular flexibility index (Phi) is 6.26. The quantitative estimate of drug-likeness (QED) is 0.773. The van der Waals surface area contributed by atoms with E-state index in [2.05, 4.69) is 57.0 Å². The highest BCUT2D eigenvalue weighted by Crippen LogP contribution is 2.40. The zero-order chi connectivity index (χ0) is 23.0. The van der Waals surface area contributed by atoms with Crippen LogP contribution in [0.25, 0.3) is 0 Å². The minimum atomic E-state index is -0.208. The molecule has 6 heteroatoms. The summed E-state index contributed by atoms with van der Waals surface area (Å²) in [6, 6.07) is 8.11. The van der Waals surface area contributed by atoms with Gasteiger partial charge in [0.2, 0.25) is 11.9 Å². The van der Waals surface area contributed by atoms with Gasteiger partial charge in [-0.1, -0.05) is 43.7 Å². The standard InChI is InChI=1S/C26H36N4O2/c1-16-7-9-20(10-8-16)19(4)24(31)28-22-11-26(5,6)12-23-21(22)13-27-25(29-23)30-14-17(2)32-18(3)15-30/h7-10,13,17-19,22H,11-12,14-15H2,1-6H3,(H,28,31)/t17-,18+,19-,22-/m0/s1. The van der Waals surface area contributed by atoms with Gasteiger partial charge < -0.3 is 15.0 Å². The van der Waals surface area contributed by atoms with E-state index in [4.69, 9.17) is 14.7 Å². The van der Waals surface area contributed by atoms with Crippen LogP contribution in [0.2, 0.25) is 0 Å². The lowest BCUT2D eigenvalue weighted by atomic mass is 9.74. The molecule has 0 radical (unpaired) electrons. The number of rotatable bonds is 4. The summed E-state index contributed by atoms with van der Waals surface area (Å²) in [5.41, 5.74) is 4.38. The molecule has 32 heavy (non-hydrogen) atoms. The lowest BCUT2D eigenvalue weighted by molar-refractivity contribution is -0.123. The van der Waals surface area contributed by atoms with Gasteiger partial charge in [-0.05, 0) is 51.5 Å². The molecule has 1 aromatic heterocycles. The van der Waals surface area contributed by atoms with Crippen molar-refractivity contribution in [3.8, 4) is 0 Å². The molecule has 2 heterocycles. The molecule has 2 aromatic rings. The number of benzene rings is 1. The van der Waals surface area contributed by atoms with Crippen LogP contribution in [0.4, 0.5) is 5.95 Å². The monoisotopic (exact) mass is 436 g/mol. The highest BCUT2D eigenvalue weighted by Gasteiger charge is 2.36. The van der Waals surface area contributed by atoms with Crippen molar-refractivity contribution in [1.82, 2.24) is 15.3 Å². The second-order valence-electron chi connectivity index (χ2n) is 10.5. The van der Waals surface area contributed by atoms with Crippen LogP contribution in [0.5, 0.6) is 0 Å². The fraction of sp³-hybridized carbons (Fsp3) is 0.577. The van der Waals surface area contributed by atoms with Crippen LogP contribution in [0, 0.1) is 12.3 Å². The number of fused-ring (bicyclic) bond motifs is 1. The molecule has 1 fully saturated rings. The maximum absolute atomic E-state index is 13.1. The van der Waals surface area contributed by atoms with E-state index >= 15 is 0 Å². The largest absolute Gasteiger partial charge is 0.372 e. The van der Waals surface area contributed by atoms with Gasteiger partial charge in [-0.25, -0.2) is 9.97 Å². The molecular formula is C26H36N4O2. The summed E-state index contributed by atoms with van der Waals surface area (Å²) < 4.78 is 5.87. The van der Waals surface area contributed by atoms with E-state index in [1.807, 2.05) is 25.3 Å². The number of morpholine rings is 1. The van der Waals surface area contributed by atoms with Gasteiger partial charge in [-0.3, -0.25) is 4.79 Å². The topological polar surface area (TPSA) is 67.4 Å². The van der Waals surface area contributed by atoms with Gasteiger partial charge >= 0.3 is 0 Å². The summed E-state index contributed by atoms with van der Waals surface area (Å²) >= 11 is 0. The van der Waals surface area contributed by atoms with Crippen molar-refractivity contribution in [3.05, 3.63) is 52.8 Å². The Morgan fingerprint density at radius 3 is 2.50 bits per heavy atom. The van der Waals surface area contributed by atoms with Crippen LogP contribution in [0.15, 0.2) is 30.5 Å². The Hall–Kier alpha value is -2.47. The number of carbonyl (C=O) groups is 1. The summed E-state index contributed by atoms with van der Waals surface area (Å²) in [5, 5.41) is 3.30. The number of anilines is 1. The van der Waals surface area contributed by atoms with Crippen molar-refractivity contribution >= 4 is 11.9 Å². The fourth-order valence-electron chi connectivity index (χ4n) is 4.96. The van der Waals surface area contributed by atoms with Crippen LogP contribution in [0.1, 0.15) is 75.4 Å². The molecule has 1 saturated heterocycles. The van der Waals surface area contributed by atoms with Crippen molar-refractivity contribution in [3.63, 3.8) is 0 Å². The molecule has 0 bridgehead atoms. The summed E-state index contributed by atoms with van der Waals surface area (Å²) in [7, 11) is 0. The number of aryl methyl sites for hydroxylation is 1.